The lowest BCUT2D eigenvalue weighted by Crippen LogP contribution is -2.32. The van der Waals surface area contributed by atoms with Gasteiger partial charge >= 0.3 is 0 Å². The fraction of sp³-hybridized carbons (Fsp3) is 0.733. The lowest BCUT2D eigenvalue weighted by molar-refractivity contribution is -0.130. The number of hydrogen-bond acceptors (Lipinski definition) is 3. The molecular weight excluding hydrogens is 252 g/mol. The number of likely N-dealkylation sites (tertiary alicyclic amines) is 1. The molecule has 112 valence electrons. The van der Waals surface area contributed by atoms with E-state index in [9.17, 15) is 4.79 Å². The third kappa shape index (κ3) is 3.39. The first kappa shape index (κ1) is 15.0. The number of nitrogens with two attached hydrogens (primary N) is 1. The Bertz CT molecular complexity index is 443. The largest absolute Gasteiger partial charge is 0.341 e. The second-order valence-electron chi connectivity index (χ2n) is 5.65. The maximum absolute atomic E-state index is 12.3. The molecule has 0 saturated carbocycles. The van der Waals surface area contributed by atoms with Crippen LogP contribution in [0, 0.1) is 5.92 Å². The predicted octanol–water partition coefficient (Wildman–Crippen LogP) is 1.42. The maximum Gasteiger partial charge on any atom is 0.224 e. The predicted molar refractivity (Wildman–Crippen MR) is 79.2 cm³/mol. The fourth-order valence-corrected chi connectivity index (χ4v) is 3.01. The summed E-state index contributed by atoms with van der Waals surface area (Å²) in [6.07, 6.45) is 7.43. The first-order valence-electron chi connectivity index (χ1n) is 7.69. The summed E-state index contributed by atoms with van der Waals surface area (Å²) in [5, 5.41) is 0. The van der Waals surface area contributed by atoms with Gasteiger partial charge in [-0.25, -0.2) is 4.98 Å². The summed E-state index contributed by atoms with van der Waals surface area (Å²) in [5.74, 6) is 1.73. The fourth-order valence-electron chi connectivity index (χ4n) is 3.01. The third-order valence-electron chi connectivity index (χ3n) is 4.19. The highest BCUT2D eigenvalue weighted by molar-refractivity contribution is 5.76. The van der Waals surface area contributed by atoms with Crippen LogP contribution in [0.1, 0.15) is 38.9 Å². The van der Waals surface area contributed by atoms with Crippen molar-refractivity contribution < 1.29 is 4.79 Å². The first-order valence-corrected chi connectivity index (χ1v) is 7.69. The maximum atomic E-state index is 12.3. The van der Waals surface area contributed by atoms with Crippen LogP contribution < -0.4 is 5.73 Å². The topological polar surface area (TPSA) is 64.2 Å². The molecule has 1 aromatic rings. The minimum Gasteiger partial charge on any atom is -0.341 e. The van der Waals surface area contributed by atoms with E-state index in [1.54, 1.807) is 6.20 Å². The Labute approximate surface area is 121 Å². The molecule has 1 amide bonds. The highest BCUT2D eigenvalue weighted by Gasteiger charge is 2.31. The molecule has 1 aliphatic heterocycles. The van der Waals surface area contributed by atoms with Gasteiger partial charge < -0.3 is 15.2 Å². The van der Waals surface area contributed by atoms with E-state index in [0.717, 1.165) is 31.6 Å². The Hall–Kier alpha value is -1.36. The summed E-state index contributed by atoms with van der Waals surface area (Å²) in [6, 6.07) is 0.151. The summed E-state index contributed by atoms with van der Waals surface area (Å²) < 4.78 is 2.07. The molecule has 0 bridgehead atoms. The lowest BCUT2D eigenvalue weighted by atomic mass is 9.99. The average Bonchev–Trinajstić information content (AvgIpc) is 3.03. The van der Waals surface area contributed by atoms with Crippen LogP contribution in [-0.2, 0) is 17.8 Å². The van der Waals surface area contributed by atoms with Gasteiger partial charge in [0, 0.05) is 50.9 Å². The van der Waals surface area contributed by atoms with E-state index in [4.69, 9.17) is 5.73 Å². The molecule has 2 N–H and O–H groups in total. The van der Waals surface area contributed by atoms with Crippen LogP contribution in [0.4, 0.5) is 0 Å². The molecule has 1 fully saturated rings. The smallest absolute Gasteiger partial charge is 0.224 e. The van der Waals surface area contributed by atoms with E-state index in [1.807, 2.05) is 11.1 Å². The van der Waals surface area contributed by atoms with Gasteiger partial charge in [0.2, 0.25) is 5.91 Å². The molecule has 2 rings (SSSR count). The average molecular weight is 278 g/mol. The first-order chi connectivity index (χ1) is 9.65. The standard InChI is InChI=1S/C15H26N4O/c1-3-5-12-10-19(11-13(12)16)15(20)6-8-18-9-7-17-14(18)4-2/h7,9,12-13H,3-6,8,10-11,16H2,1-2H3. The van der Waals surface area contributed by atoms with Crippen molar-refractivity contribution in [3.05, 3.63) is 18.2 Å². The molecule has 0 aliphatic carbocycles. The van der Waals surface area contributed by atoms with E-state index in [2.05, 4.69) is 23.4 Å². The van der Waals surface area contributed by atoms with Crippen molar-refractivity contribution >= 4 is 5.91 Å². The van der Waals surface area contributed by atoms with Crippen LogP contribution in [0.25, 0.3) is 0 Å². The number of hydrogen-bond donors (Lipinski definition) is 1. The number of aromatic nitrogens is 2. The van der Waals surface area contributed by atoms with Crippen LogP contribution in [0.15, 0.2) is 12.4 Å². The van der Waals surface area contributed by atoms with Crippen molar-refractivity contribution in [3.63, 3.8) is 0 Å². The van der Waals surface area contributed by atoms with E-state index in [1.165, 1.54) is 0 Å². The van der Waals surface area contributed by atoms with Gasteiger partial charge in [-0.2, -0.15) is 0 Å². The van der Waals surface area contributed by atoms with Gasteiger partial charge in [0.05, 0.1) is 0 Å². The number of nitrogens with zero attached hydrogens (tertiary/aromatic N) is 3. The van der Waals surface area contributed by atoms with Crippen LogP contribution in [0.5, 0.6) is 0 Å². The van der Waals surface area contributed by atoms with Crippen LogP contribution in [0.3, 0.4) is 0 Å². The van der Waals surface area contributed by atoms with Crippen molar-refractivity contribution in [2.24, 2.45) is 11.7 Å². The number of carbonyl (C=O) groups is 1. The highest BCUT2D eigenvalue weighted by atomic mass is 16.2. The quantitative estimate of drug-likeness (QED) is 0.856. The zero-order valence-electron chi connectivity index (χ0n) is 12.6. The summed E-state index contributed by atoms with van der Waals surface area (Å²) >= 11 is 0. The van der Waals surface area contributed by atoms with Crippen LogP contribution >= 0.6 is 0 Å². The Morgan fingerprint density at radius 1 is 1.45 bits per heavy atom. The van der Waals surface area contributed by atoms with Gasteiger partial charge in [-0.1, -0.05) is 20.3 Å². The zero-order valence-corrected chi connectivity index (χ0v) is 12.6. The van der Waals surface area contributed by atoms with Crippen molar-refractivity contribution in [1.82, 2.24) is 14.5 Å². The SMILES string of the molecule is CCCC1CN(C(=O)CCn2ccnc2CC)CC1N. The second-order valence-corrected chi connectivity index (χ2v) is 5.65. The van der Waals surface area contributed by atoms with Crippen molar-refractivity contribution in [2.75, 3.05) is 13.1 Å². The number of aryl methyl sites for hydroxylation is 2. The van der Waals surface area contributed by atoms with E-state index < -0.39 is 0 Å². The number of imidazole rings is 1. The summed E-state index contributed by atoms with van der Waals surface area (Å²) in [4.78, 5) is 18.5. The van der Waals surface area contributed by atoms with Gasteiger partial charge in [-0.3, -0.25) is 4.79 Å². The second kappa shape index (κ2) is 6.88. The molecule has 5 nitrogen and oxygen atoms in total. The van der Waals surface area contributed by atoms with Crippen LogP contribution in [-0.4, -0.2) is 39.5 Å². The van der Waals surface area contributed by atoms with Crippen molar-refractivity contribution in [1.29, 1.82) is 0 Å². The Kier molecular flexibility index (Phi) is 5.17. The van der Waals surface area contributed by atoms with Gasteiger partial charge in [0.25, 0.3) is 0 Å². The molecule has 1 saturated heterocycles. The molecule has 0 radical (unpaired) electrons. The normalized spacial score (nSPS) is 22.4. The molecule has 0 aromatic carbocycles. The molecule has 1 aliphatic rings. The Morgan fingerprint density at radius 3 is 2.95 bits per heavy atom. The number of rotatable bonds is 6. The van der Waals surface area contributed by atoms with Crippen molar-refractivity contribution in [2.45, 2.75) is 52.1 Å². The number of amides is 1. The molecular formula is C15H26N4O. The summed E-state index contributed by atoms with van der Waals surface area (Å²) in [5.41, 5.74) is 6.12. The molecule has 0 spiro atoms. The lowest BCUT2D eigenvalue weighted by Gasteiger charge is -2.16. The van der Waals surface area contributed by atoms with Gasteiger partial charge in [-0.15, -0.1) is 0 Å². The molecule has 2 unspecified atom stereocenters. The van der Waals surface area contributed by atoms with Gasteiger partial charge in [0.15, 0.2) is 0 Å². The van der Waals surface area contributed by atoms with Crippen LogP contribution in [0.2, 0.25) is 0 Å². The number of carbonyl (C=O) groups excluding carboxylic acids is 1. The molecule has 1 aromatic heterocycles. The molecule has 2 atom stereocenters. The highest BCUT2D eigenvalue weighted by Crippen LogP contribution is 2.21. The van der Waals surface area contributed by atoms with Gasteiger partial charge in [0.1, 0.15) is 5.82 Å². The Morgan fingerprint density at radius 2 is 2.25 bits per heavy atom. The van der Waals surface area contributed by atoms with Crippen molar-refractivity contribution in [3.8, 4) is 0 Å². The van der Waals surface area contributed by atoms with E-state index in [-0.39, 0.29) is 11.9 Å². The Balaban J connectivity index is 1.84. The monoisotopic (exact) mass is 278 g/mol. The van der Waals surface area contributed by atoms with Gasteiger partial charge in [-0.05, 0) is 12.3 Å². The van der Waals surface area contributed by atoms with E-state index >= 15 is 0 Å². The molecule has 2 heterocycles. The molecule has 5 heteroatoms. The minimum atomic E-state index is 0.151. The minimum absolute atomic E-state index is 0.151. The third-order valence-corrected chi connectivity index (χ3v) is 4.19. The summed E-state index contributed by atoms with van der Waals surface area (Å²) in [7, 11) is 0. The molecule has 20 heavy (non-hydrogen) atoms. The van der Waals surface area contributed by atoms with E-state index in [0.29, 0.717) is 25.4 Å². The summed E-state index contributed by atoms with van der Waals surface area (Å²) in [6.45, 7) is 6.51. The zero-order chi connectivity index (χ0) is 14.5.